The Balaban J connectivity index is 2.21. The molecule has 1 heterocycles. The predicted molar refractivity (Wildman–Crippen MR) is 76.5 cm³/mol. The number of benzene rings is 1. The number of anilines is 1. The van der Waals surface area contributed by atoms with E-state index in [0.717, 1.165) is 5.76 Å². The van der Waals surface area contributed by atoms with E-state index in [4.69, 9.17) is 14.9 Å². The van der Waals surface area contributed by atoms with Gasteiger partial charge in [-0.15, -0.1) is 0 Å². The van der Waals surface area contributed by atoms with Gasteiger partial charge in [-0.25, -0.2) is 0 Å². The average molecular weight is 274 g/mol. The number of carbonyl (C=O) groups excluding carboxylic acids is 1. The fraction of sp³-hybridized carbons (Fsp3) is 0.267. The lowest BCUT2D eigenvalue weighted by Gasteiger charge is -2.20. The average Bonchev–Trinajstić information content (AvgIpc) is 2.96. The zero-order valence-electron chi connectivity index (χ0n) is 11.6. The largest absolute Gasteiger partial charge is 0.497 e. The lowest BCUT2D eigenvalue weighted by molar-refractivity contribution is 0.0741. The molecule has 2 rings (SSSR count). The van der Waals surface area contributed by atoms with Gasteiger partial charge in [-0.3, -0.25) is 4.79 Å². The number of amides is 1. The van der Waals surface area contributed by atoms with Crippen molar-refractivity contribution in [2.24, 2.45) is 0 Å². The number of nitrogens with zero attached hydrogens (tertiary/aromatic N) is 1. The summed E-state index contributed by atoms with van der Waals surface area (Å²) >= 11 is 0. The molecule has 0 fully saturated rings. The van der Waals surface area contributed by atoms with Crippen LogP contribution in [0.25, 0.3) is 0 Å². The van der Waals surface area contributed by atoms with E-state index < -0.39 is 0 Å². The van der Waals surface area contributed by atoms with Crippen LogP contribution >= 0.6 is 0 Å². The number of nitrogens with two attached hydrogens (primary N) is 1. The van der Waals surface area contributed by atoms with Crippen molar-refractivity contribution in [2.45, 2.75) is 13.5 Å². The highest BCUT2D eigenvalue weighted by atomic mass is 16.5. The van der Waals surface area contributed by atoms with E-state index in [2.05, 4.69) is 0 Å². The maximum Gasteiger partial charge on any atom is 0.254 e. The highest BCUT2D eigenvalue weighted by molar-refractivity contribution is 5.95. The number of hydrogen-bond donors (Lipinski definition) is 1. The van der Waals surface area contributed by atoms with Crippen molar-refractivity contribution < 1.29 is 13.9 Å². The molecular formula is C15H18N2O3. The molecule has 2 N–H and O–H groups in total. The van der Waals surface area contributed by atoms with Crippen LogP contribution in [0.2, 0.25) is 0 Å². The molecule has 0 spiro atoms. The number of furan rings is 1. The van der Waals surface area contributed by atoms with Gasteiger partial charge in [-0.1, -0.05) is 0 Å². The van der Waals surface area contributed by atoms with Gasteiger partial charge in [0.05, 0.1) is 19.9 Å². The molecule has 0 aliphatic heterocycles. The Labute approximate surface area is 117 Å². The van der Waals surface area contributed by atoms with Gasteiger partial charge in [0, 0.05) is 23.9 Å². The van der Waals surface area contributed by atoms with Gasteiger partial charge in [-0.05, 0) is 31.2 Å². The van der Waals surface area contributed by atoms with Crippen LogP contribution in [0.5, 0.6) is 5.75 Å². The minimum absolute atomic E-state index is 0.102. The first-order chi connectivity index (χ1) is 9.63. The summed E-state index contributed by atoms with van der Waals surface area (Å²) in [5.74, 6) is 1.22. The highest BCUT2D eigenvalue weighted by Crippen LogP contribution is 2.20. The quantitative estimate of drug-likeness (QED) is 0.851. The SMILES string of the molecule is CCN(Cc1ccco1)C(=O)c1cc(N)cc(OC)c1. The van der Waals surface area contributed by atoms with Gasteiger partial charge in [0.2, 0.25) is 0 Å². The standard InChI is InChI=1S/C15H18N2O3/c1-3-17(10-13-5-4-6-20-13)15(18)11-7-12(16)9-14(8-11)19-2/h4-9H,3,10,16H2,1-2H3. The van der Waals surface area contributed by atoms with Gasteiger partial charge in [-0.2, -0.15) is 0 Å². The summed E-state index contributed by atoms with van der Waals surface area (Å²) in [7, 11) is 1.55. The topological polar surface area (TPSA) is 68.7 Å². The molecular weight excluding hydrogens is 256 g/mol. The van der Waals surface area contributed by atoms with Crippen LogP contribution < -0.4 is 10.5 Å². The monoisotopic (exact) mass is 274 g/mol. The number of nitrogen functional groups attached to an aromatic ring is 1. The van der Waals surface area contributed by atoms with Crippen LogP contribution in [0.15, 0.2) is 41.0 Å². The lowest BCUT2D eigenvalue weighted by Crippen LogP contribution is -2.30. The van der Waals surface area contributed by atoms with E-state index in [1.165, 1.54) is 0 Å². The lowest BCUT2D eigenvalue weighted by atomic mass is 10.1. The Hall–Kier alpha value is -2.43. The van der Waals surface area contributed by atoms with Crippen molar-refractivity contribution in [3.05, 3.63) is 47.9 Å². The normalized spacial score (nSPS) is 10.3. The van der Waals surface area contributed by atoms with Crippen molar-refractivity contribution >= 4 is 11.6 Å². The predicted octanol–water partition coefficient (Wildman–Crippen LogP) is 2.53. The Morgan fingerprint density at radius 1 is 1.40 bits per heavy atom. The van der Waals surface area contributed by atoms with Crippen molar-refractivity contribution in [3.8, 4) is 5.75 Å². The molecule has 0 aliphatic carbocycles. The number of methoxy groups -OCH3 is 1. The first kappa shape index (κ1) is 14.0. The fourth-order valence-electron chi connectivity index (χ4n) is 1.96. The van der Waals surface area contributed by atoms with Gasteiger partial charge < -0.3 is 19.8 Å². The highest BCUT2D eigenvalue weighted by Gasteiger charge is 2.17. The summed E-state index contributed by atoms with van der Waals surface area (Å²) < 4.78 is 10.4. The van der Waals surface area contributed by atoms with Gasteiger partial charge in [0.15, 0.2) is 0 Å². The van der Waals surface area contributed by atoms with E-state index in [1.807, 2.05) is 13.0 Å². The minimum Gasteiger partial charge on any atom is -0.497 e. The van der Waals surface area contributed by atoms with Crippen molar-refractivity contribution in [2.75, 3.05) is 19.4 Å². The molecule has 1 amide bonds. The second kappa shape index (κ2) is 6.14. The molecule has 2 aromatic rings. The summed E-state index contributed by atoms with van der Waals surface area (Å²) in [4.78, 5) is 14.2. The number of rotatable bonds is 5. The molecule has 0 saturated heterocycles. The van der Waals surface area contributed by atoms with Crippen LogP contribution in [0.1, 0.15) is 23.0 Å². The first-order valence-corrected chi connectivity index (χ1v) is 6.40. The Morgan fingerprint density at radius 3 is 2.80 bits per heavy atom. The molecule has 20 heavy (non-hydrogen) atoms. The van der Waals surface area contributed by atoms with E-state index in [0.29, 0.717) is 30.1 Å². The van der Waals surface area contributed by atoms with Crippen LogP contribution in [0.3, 0.4) is 0 Å². The summed E-state index contributed by atoms with van der Waals surface area (Å²) in [5.41, 5.74) is 6.79. The van der Waals surface area contributed by atoms with Crippen molar-refractivity contribution in [1.82, 2.24) is 4.90 Å². The number of ether oxygens (including phenoxy) is 1. The van der Waals surface area contributed by atoms with Gasteiger partial charge in [0.1, 0.15) is 11.5 Å². The van der Waals surface area contributed by atoms with Crippen LogP contribution in [-0.2, 0) is 6.54 Å². The van der Waals surface area contributed by atoms with Crippen LogP contribution in [-0.4, -0.2) is 24.5 Å². The second-order valence-corrected chi connectivity index (χ2v) is 4.39. The minimum atomic E-state index is -0.102. The second-order valence-electron chi connectivity index (χ2n) is 4.39. The molecule has 0 saturated carbocycles. The fourth-order valence-corrected chi connectivity index (χ4v) is 1.96. The van der Waals surface area contributed by atoms with Crippen molar-refractivity contribution in [1.29, 1.82) is 0 Å². The third kappa shape index (κ3) is 3.12. The third-order valence-corrected chi connectivity index (χ3v) is 3.01. The molecule has 1 aromatic carbocycles. The summed E-state index contributed by atoms with van der Waals surface area (Å²) in [6, 6.07) is 8.66. The maximum absolute atomic E-state index is 12.5. The molecule has 0 unspecified atom stereocenters. The number of carbonyl (C=O) groups is 1. The maximum atomic E-state index is 12.5. The zero-order chi connectivity index (χ0) is 14.5. The third-order valence-electron chi connectivity index (χ3n) is 3.01. The molecule has 0 radical (unpaired) electrons. The smallest absolute Gasteiger partial charge is 0.254 e. The molecule has 0 aliphatic rings. The van der Waals surface area contributed by atoms with E-state index >= 15 is 0 Å². The summed E-state index contributed by atoms with van der Waals surface area (Å²) in [6.45, 7) is 2.93. The Morgan fingerprint density at radius 2 is 2.20 bits per heavy atom. The molecule has 5 nitrogen and oxygen atoms in total. The molecule has 5 heteroatoms. The summed E-state index contributed by atoms with van der Waals surface area (Å²) in [5, 5.41) is 0. The first-order valence-electron chi connectivity index (χ1n) is 6.40. The van der Waals surface area contributed by atoms with Crippen LogP contribution in [0, 0.1) is 0 Å². The number of hydrogen-bond acceptors (Lipinski definition) is 4. The van der Waals surface area contributed by atoms with E-state index in [1.54, 1.807) is 42.5 Å². The van der Waals surface area contributed by atoms with Crippen molar-refractivity contribution in [3.63, 3.8) is 0 Å². The van der Waals surface area contributed by atoms with E-state index in [-0.39, 0.29) is 5.91 Å². The molecule has 0 bridgehead atoms. The molecule has 106 valence electrons. The van der Waals surface area contributed by atoms with Crippen LogP contribution in [0.4, 0.5) is 5.69 Å². The zero-order valence-corrected chi connectivity index (χ0v) is 11.6. The Kier molecular flexibility index (Phi) is 4.30. The molecule has 1 aromatic heterocycles. The van der Waals surface area contributed by atoms with Gasteiger partial charge in [0.25, 0.3) is 5.91 Å². The summed E-state index contributed by atoms with van der Waals surface area (Å²) in [6.07, 6.45) is 1.59. The van der Waals surface area contributed by atoms with E-state index in [9.17, 15) is 4.79 Å². The molecule has 0 atom stereocenters. The van der Waals surface area contributed by atoms with Gasteiger partial charge >= 0.3 is 0 Å². The Bertz CT molecular complexity index is 579.